The lowest BCUT2D eigenvalue weighted by atomic mass is 9.76. The van der Waals surface area contributed by atoms with Crippen molar-refractivity contribution in [2.24, 2.45) is 5.41 Å². The van der Waals surface area contributed by atoms with E-state index in [1.165, 1.54) is 5.56 Å². The van der Waals surface area contributed by atoms with Crippen molar-refractivity contribution in [1.29, 1.82) is 0 Å². The van der Waals surface area contributed by atoms with E-state index in [2.05, 4.69) is 34.8 Å². The highest BCUT2D eigenvalue weighted by Gasteiger charge is 2.31. The minimum atomic E-state index is -1.36. The SMILES string of the molecule is CC(C)(O)CC[S+]([O-])c1cc(-c2ccc3c(c2)CN(c2ncnc4c2CC(C)(C)CC4)CCO3)cnc1N. The molecule has 1 unspecified atom stereocenters. The van der Waals surface area contributed by atoms with Crippen molar-refractivity contribution < 1.29 is 14.4 Å². The summed E-state index contributed by atoms with van der Waals surface area (Å²) in [5, 5.41) is 10.0. The minimum Gasteiger partial charge on any atom is -0.611 e. The van der Waals surface area contributed by atoms with Gasteiger partial charge in [-0.25, -0.2) is 15.0 Å². The van der Waals surface area contributed by atoms with Crippen LogP contribution in [0.1, 0.15) is 57.4 Å². The summed E-state index contributed by atoms with van der Waals surface area (Å²) in [6.45, 7) is 10.0. The quantitative estimate of drug-likeness (QED) is 0.448. The summed E-state index contributed by atoms with van der Waals surface area (Å²) in [5.74, 6) is 2.43. The Morgan fingerprint density at radius 2 is 2.00 bits per heavy atom. The van der Waals surface area contributed by atoms with Gasteiger partial charge in [0.1, 0.15) is 30.3 Å². The molecule has 2 aromatic heterocycles. The van der Waals surface area contributed by atoms with E-state index in [0.717, 1.165) is 59.8 Å². The van der Waals surface area contributed by atoms with Crippen molar-refractivity contribution in [3.63, 3.8) is 0 Å². The monoisotopic (exact) mass is 535 g/mol. The zero-order valence-electron chi connectivity index (χ0n) is 22.7. The first-order valence-electron chi connectivity index (χ1n) is 13.2. The van der Waals surface area contributed by atoms with Crippen LogP contribution in [0.4, 0.5) is 11.6 Å². The van der Waals surface area contributed by atoms with Crippen LogP contribution in [0.25, 0.3) is 11.1 Å². The molecule has 1 aliphatic heterocycles. The minimum absolute atomic E-state index is 0.229. The molecule has 0 radical (unpaired) electrons. The van der Waals surface area contributed by atoms with Crippen LogP contribution >= 0.6 is 0 Å². The topological polar surface area (TPSA) is 120 Å². The molecular weight excluding hydrogens is 498 g/mol. The molecular formula is C29H37N5O3S. The summed E-state index contributed by atoms with van der Waals surface area (Å²) < 4.78 is 19.1. The van der Waals surface area contributed by atoms with Crippen LogP contribution in [-0.4, -0.2) is 49.1 Å². The third-order valence-electron chi connectivity index (χ3n) is 7.41. The Labute approximate surface area is 227 Å². The predicted octanol–water partition coefficient (Wildman–Crippen LogP) is 4.30. The molecule has 3 N–H and O–H groups in total. The molecule has 8 nitrogen and oxygen atoms in total. The second-order valence-corrected chi connectivity index (χ2v) is 13.3. The largest absolute Gasteiger partial charge is 0.611 e. The number of anilines is 2. The summed E-state index contributed by atoms with van der Waals surface area (Å²) >= 11 is -1.36. The zero-order chi connectivity index (χ0) is 27.1. The number of hydrogen-bond acceptors (Lipinski definition) is 8. The average Bonchev–Trinajstić information content (AvgIpc) is 3.08. The number of rotatable bonds is 6. The van der Waals surface area contributed by atoms with Crippen LogP contribution in [0.3, 0.4) is 0 Å². The molecule has 0 saturated carbocycles. The molecule has 0 amide bonds. The van der Waals surface area contributed by atoms with E-state index in [0.29, 0.717) is 30.2 Å². The number of benzene rings is 1. The Balaban J connectivity index is 1.43. The van der Waals surface area contributed by atoms with Gasteiger partial charge >= 0.3 is 0 Å². The number of fused-ring (bicyclic) bond motifs is 2. The molecule has 0 saturated heterocycles. The number of aromatic nitrogens is 3. The van der Waals surface area contributed by atoms with E-state index in [1.807, 2.05) is 18.2 Å². The van der Waals surface area contributed by atoms with E-state index in [1.54, 1.807) is 26.4 Å². The Bertz CT molecular complexity index is 1320. The highest BCUT2D eigenvalue weighted by atomic mass is 32.2. The van der Waals surface area contributed by atoms with Crippen molar-refractivity contribution in [1.82, 2.24) is 15.0 Å². The molecule has 0 bridgehead atoms. The molecule has 0 fully saturated rings. The molecule has 5 rings (SSSR count). The highest BCUT2D eigenvalue weighted by Crippen LogP contribution is 2.39. The fourth-order valence-corrected chi connectivity index (χ4v) is 6.58. The Hall–Kier alpha value is -2.88. The third kappa shape index (κ3) is 5.90. The summed E-state index contributed by atoms with van der Waals surface area (Å²) in [5.41, 5.74) is 10.7. The van der Waals surface area contributed by atoms with E-state index < -0.39 is 16.8 Å². The van der Waals surface area contributed by atoms with Crippen LogP contribution in [0.15, 0.2) is 41.7 Å². The second-order valence-electron chi connectivity index (χ2n) is 11.8. The van der Waals surface area contributed by atoms with E-state index in [-0.39, 0.29) is 11.2 Å². The summed E-state index contributed by atoms with van der Waals surface area (Å²) in [7, 11) is 0. The highest BCUT2D eigenvalue weighted by molar-refractivity contribution is 7.91. The van der Waals surface area contributed by atoms with Gasteiger partial charge in [0.2, 0.25) is 0 Å². The molecule has 2 aliphatic rings. The molecule has 1 atom stereocenters. The van der Waals surface area contributed by atoms with Gasteiger partial charge in [-0.05, 0) is 67.4 Å². The zero-order valence-corrected chi connectivity index (χ0v) is 23.5. The molecule has 3 heterocycles. The molecule has 1 aromatic carbocycles. The fourth-order valence-electron chi connectivity index (χ4n) is 5.13. The Morgan fingerprint density at radius 3 is 2.79 bits per heavy atom. The van der Waals surface area contributed by atoms with Crippen LogP contribution in [0.2, 0.25) is 0 Å². The smallest absolute Gasteiger partial charge is 0.195 e. The van der Waals surface area contributed by atoms with Gasteiger partial charge in [-0.2, -0.15) is 0 Å². The van der Waals surface area contributed by atoms with Crippen LogP contribution in [-0.2, 0) is 30.6 Å². The number of aliphatic hydroxyl groups is 1. The number of nitrogens with two attached hydrogens (primary N) is 1. The maximum atomic E-state index is 13.0. The predicted molar refractivity (Wildman–Crippen MR) is 151 cm³/mol. The maximum Gasteiger partial charge on any atom is 0.195 e. The Kier molecular flexibility index (Phi) is 7.28. The first-order valence-corrected chi connectivity index (χ1v) is 14.5. The lowest BCUT2D eigenvalue weighted by Crippen LogP contribution is -2.31. The second kappa shape index (κ2) is 10.4. The molecule has 0 spiro atoms. The first kappa shape index (κ1) is 26.7. The van der Waals surface area contributed by atoms with Gasteiger partial charge in [0.25, 0.3) is 0 Å². The molecule has 1 aliphatic carbocycles. The summed E-state index contributed by atoms with van der Waals surface area (Å²) in [6.07, 6.45) is 6.88. The fraction of sp³-hybridized carbons (Fsp3) is 0.483. The van der Waals surface area contributed by atoms with E-state index in [9.17, 15) is 9.66 Å². The lowest BCUT2D eigenvalue weighted by Gasteiger charge is -2.33. The van der Waals surface area contributed by atoms with Crippen molar-refractivity contribution in [2.75, 3.05) is 29.5 Å². The van der Waals surface area contributed by atoms with Crippen molar-refractivity contribution in [3.8, 4) is 16.9 Å². The van der Waals surface area contributed by atoms with Crippen molar-refractivity contribution >= 4 is 22.8 Å². The summed E-state index contributed by atoms with van der Waals surface area (Å²) in [4.78, 5) is 16.5. The molecule has 3 aromatic rings. The number of hydrogen-bond donors (Lipinski definition) is 2. The number of ether oxygens (including phenoxy) is 1. The van der Waals surface area contributed by atoms with Crippen molar-refractivity contribution in [2.45, 2.75) is 70.4 Å². The van der Waals surface area contributed by atoms with Crippen molar-refractivity contribution in [3.05, 3.63) is 53.6 Å². The number of nitrogen functional groups attached to an aromatic ring is 1. The first-order chi connectivity index (χ1) is 18.0. The van der Waals surface area contributed by atoms with E-state index in [4.69, 9.17) is 15.5 Å². The van der Waals surface area contributed by atoms with Gasteiger partial charge in [-0.1, -0.05) is 19.9 Å². The molecule has 202 valence electrons. The lowest BCUT2D eigenvalue weighted by molar-refractivity contribution is 0.0772. The summed E-state index contributed by atoms with van der Waals surface area (Å²) in [6, 6.07) is 7.96. The van der Waals surface area contributed by atoms with Gasteiger partial charge in [-0.15, -0.1) is 0 Å². The van der Waals surface area contributed by atoms with Crippen LogP contribution in [0, 0.1) is 5.41 Å². The third-order valence-corrected chi connectivity index (χ3v) is 8.80. The number of aryl methyl sites for hydroxylation is 1. The Morgan fingerprint density at radius 1 is 1.18 bits per heavy atom. The molecule has 38 heavy (non-hydrogen) atoms. The van der Waals surface area contributed by atoms with Gasteiger partial charge in [0.15, 0.2) is 10.7 Å². The van der Waals surface area contributed by atoms with Crippen LogP contribution < -0.4 is 15.4 Å². The van der Waals surface area contributed by atoms with Gasteiger partial charge in [0.05, 0.1) is 12.1 Å². The maximum absolute atomic E-state index is 13.0. The molecule has 9 heteroatoms. The van der Waals surface area contributed by atoms with E-state index >= 15 is 0 Å². The van der Waals surface area contributed by atoms with Crippen LogP contribution in [0.5, 0.6) is 5.75 Å². The number of pyridine rings is 1. The van der Waals surface area contributed by atoms with Gasteiger partial charge < -0.3 is 25.0 Å². The number of nitrogens with zero attached hydrogens (tertiary/aromatic N) is 4. The standard InChI is InChI=1S/C29H37N5O3S/c1-28(2)8-7-23-22(15-28)27(33-18-32-23)34-10-11-37-24-6-5-19(13-21(24)17-34)20-14-25(26(30)31-16-20)38(36)12-9-29(3,4)35/h5-6,13-14,16,18,35H,7-12,15,17H2,1-4H3,(H2,30,31). The normalized spacial score (nSPS) is 17.7. The van der Waals surface area contributed by atoms with Gasteiger partial charge in [0, 0.05) is 47.6 Å². The van der Waals surface area contributed by atoms with Gasteiger partial charge in [-0.3, -0.25) is 0 Å². The average molecular weight is 536 g/mol.